The van der Waals surface area contributed by atoms with Gasteiger partial charge in [-0.1, -0.05) is 0 Å². The van der Waals surface area contributed by atoms with Gasteiger partial charge in [0.25, 0.3) is 5.89 Å². The summed E-state index contributed by atoms with van der Waals surface area (Å²) < 4.78 is 34.2. The second-order valence-electron chi connectivity index (χ2n) is 5.57. The smallest absolute Gasteiger partial charge is 0.339 e. The van der Waals surface area contributed by atoms with Crippen LogP contribution in [0.15, 0.2) is 46.9 Å². The van der Waals surface area contributed by atoms with Crippen molar-refractivity contribution in [3.8, 4) is 23.0 Å². The van der Waals surface area contributed by atoms with Gasteiger partial charge in [0, 0.05) is 5.56 Å². The largest absolute Gasteiger partial charge is 0.493 e. The van der Waals surface area contributed by atoms with Gasteiger partial charge in [0.15, 0.2) is 17.6 Å². The van der Waals surface area contributed by atoms with E-state index in [0.29, 0.717) is 17.1 Å². The van der Waals surface area contributed by atoms with Gasteiger partial charge in [-0.05, 0) is 49.4 Å². The predicted molar refractivity (Wildman–Crippen MR) is 93.1 cm³/mol. The Labute approximate surface area is 154 Å². The second kappa shape index (κ2) is 7.86. The van der Waals surface area contributed by atoms with Crippen LogP contribution >= 0.6 is 0 Å². The van der Waals surface area contributed by atoms with Gasteiger partial charge in [-0.15, -0.1) is 10.2 Å². The van der Waals surface area contributed by atoms with Crippen molar-refractivity contribution in [2.24, 2.45) is 0 Å². The average molecular weight is 372 g/mol. The van der Waals surface area contributed by atoms with Gasteiger partial charge in [-0.25, -0.2) is 9.18 Å². The van der Waals surface area contributed by atoms with Gasteiger partial charge in [0.2, 0.25) is 5.89 Å². The number of esters is 1. The van der Waals surface area contributed by atoms with E-state index >= 15 is 0 Å². The van der Waals surface area contributed by atoms with Gasteiger partial charge in [-0.2, -0.15) is 0 Å². The summed E-state index contributed by atoms with van der Waals surface area (Å²) in [4.78, 5) is 12.4. The maximum atomic E-state index is 13.0. The first kappa shape index (κ1) is 18.4. The van der Waals surface area contributed by atoms with Crippen molar-refractivity contribution in [1.29, 1.82) is 0 Å². The van der Waals surface area contributed by atoms with Gasteiger partial charge in [-0.3, -0.25) is 0 Å². The molecule has 0 unspecified atom stereocenters. The summed E-state index contributed by atoms with van der Waals surface area (Å²) in [7, 11) is 2.98. The third-order valence-electron chi connectivity index (χ3n) is 3.78. The molecule has 0 radical (unpaired) electrons. The second-order valence-corrected chi connectivity index (χ2v) is 5.57. The number of hydrogen-bond acceptors (Lipinski definition) is 7. The molecule has 0 N–H and O–H groups in total. The number of aromatic nitrogens is 2. The Morgan fingerprint density at radius 2 is 1.74 bits per heavy atom. The molecule has 8 heteroatoms. The minimum Gasteiger partial charge on any atom is -0.493 e. The van der Waals surface area contributed by atoms with Gasteiger partial charge in [0.05, 0.1) is 19.8 Å². The van der Waals surface area contributed by atoms with Crippen molar-refractivity contribution in [2.75, 3.05) is 14.2 Å². The topological polar surface area (TPSA) is 83.7 Å². The van der Waals surface area contributed by atoms with Crippen LogP contribution in [0, 0.1) is 5.82 Å². The normalized spacial score (nSPS) is 11.7. The Morgan fingerprint density at radius 3 is 2.41 bits per heavy atom. The molecule has 27 heavy (non-hydrogen) atoms. The molecule has 0 aliphatic carbocycles. The highest BCUT2D eigenvalue weighted by molar-refractivity contribution is 5.90. The Balaban J connectivity index is 1.72. The van der Waals surface area contributed by atoms with Crippen molar-refractivity contribution in [3.63, 3.8) is 0 Å². The highest BCUT2D eigenvalue weighted by atomic mass is 19.1. The van der Waals surface area contributed by atoms with E-state index in [-0.39, 0.29) is 23.2 Å². The highest BCUT2D eigenvalue weighted by Crippen LogP contribution is 2.29. The number of rotatable bonds is 6. The molecule has 1 heterocycles. The lowest BCUT2D eigenvalue weighted by Crippen LogP contribution is -2.10. The van der Waals surface area contributed by atoms with Crippen molar-refractivity contribution < 1.29 is 27.8 Å². The zero-order chi connectivity index (χ0) is 19.4. The molecule has 3 aromatic rings. The highest BCUT2D eigenvalue weighted by Gasteiger charge is 2.21. The summed E-state index contributed by atoms with van der Waals surface area (Å²) in [6.45, 7) is 1.61. The van der Waals surface area contributed by atoms with E-state index in [9.17, 15) is 9.18 Å². The zero-order valence-corrected chi connectivity index (χ0v) is 14.9. The van der Waals surface area contributed by atoms with Crippen LogP contribution in [0.25, 0.3) is 11.5 Å². The number of nitrogens with zero attached hydrogens (tertiary/aromatic N) is 2. The van der Waals surface area contributed by atoms with Crippen LogP contribution in [-0.4, -0.2) is 30.4 Å². The lowest BCUT2D eigenvalue weighted by Gasteiger charge is -2.11. The zero-order valence-electron chi connectivity index (χ0n) is 14.9. The number of benzene rings is 2. The fourth-order valence-electron chi connectivity index (χ4n) is 2.35. The lowest BCUT2D eigenvalue weighted by atomic mass is 10.2. The summed E-state index contributed by atoms with van der Waals surface area (Å²) >= 11 is 0. The Bertz CT molecular complexity index is 940. The first-order valence-corrected chi connectivity index (χ1v) is 8.04. The third kappa shape index (κ3) is 4.05. The van der Waals surface area contributed by atoms with Crippen LogP contribution in [0.2, 0.25) is 0 Å². The first-order chi connectivity index (χ1) is 13.0. The molecule has 0 amide bonds. The number of ether oxygens (including phenoxy) is 3. The van der Waals surface area contributed by atoms with Crippen molar-refractivity contribution in [1.82, 2.24) is 10.2 Å². The summed E-state index contributed by atoms with van der Waals surface area (Å²) in [5.41, 5.74) is 0.853. The molecule has 0 saturated carbocycles. The van der Waals surface area contributed by atoms with Crippen LogP contribution in [0.5, 0.6) is 11.5 Å². The van der Waals surface area contributed by atoms with Gasteiger partial charge in [0.1, 0.15) is 5.82 Å². The summed E-state index contributed by atoms with van der Waals surface area (Å²) in [6, 6.07) is 10.3. The molecule has 1 aromatic heterocycles. The maximum absolute atomic E-state index is 13.0. The first-order valence-electron chi connectivity index (χ1n) is 8.04. The van der Waals surface area contributed by atoms with Crippen LogP contribution in [0.3, 0.4) is 0 Å². The number of methoxy groups -OCH3 is 2. The molecule has 0 aliphatic heterocycles. The standard InChI is InChI=1S/C19H17FN2O5/c1-11(17-21-22-18(27-17)12-4-7-14(20)8-5-12)26-19(23)13-6-9-15(24-2)16(10-13)25-3/h4-11H,1-3H3/t11-/m0/s1. The minimum absolute atomic E-state index is 0.128. The Morgan fingerprint density at radius 1 is 1.04 bits per heavy atom. The van der Waals surface area contributed by atoms with Crippen LogP contribution in [0.4, 0.5) is 4.39 Å². The number of hydrogen-bond donors (Lipinski definition) is 0. The molecule has 0 aliphatic rings. The summed E-state index contributed by atoms with van der Waals surface area (Å²) in [5.74, 6) is 0.307. The molecule has 140 valence electrons. The van der Waals surface area contributed by atoms with Crippen LogP contribution in [-0.2, 0) is 4.74 Å². The summed E-state index contributed by atoms with van der Waals surface area (Å²) in [5, 5.41) is 7.79. The SMILES string of the molecule is COc1ccc(C(=O)O[C@@H](C)c2nnc(-c3ccc(F)cc3)o2)cc1OC. The van der Waals surface area contributed by atoms with E-state index in [4.69, 9.17) is 18.6 Å². The molecular formula is C19H17FN2O5. The van der Waals surface area contributed by atoms with Crippen molar-refractivity contribution >= 4 is 5.97 Å². The van der Waals surface area contributed by atoms with E-state index in [2.05, 4.69) is 10.2 Å². The molecule has 0 spiro atoms. The van der Waals surface area contributed by atoms with Crippen molar-refractivity contribution in [3.05, 3.63) is 59.7 Å². The van der Waals surface area contributed by atoms with Gasteiger partial charge < -0.3 is 18.6 Å². The van der Waals surface area contributed by atoms with Crippen molar-refractivity contribution in [2.45, 2.75) is 13.0 Å². The van der Waals surface area contributed by atoms with E-state index in [1.165, 1.54) is 44.6 Å². The third-order valence-corrected chi connectivity index (χ3v) is 3.78. The maximum Gasteiger partial charge on any atom is 0.339 e. The lowest BCUT2D eigenvalue weighted by molar-refractivity contribution is 0.0279. The minimum atomic E-state index is -0.771. The number of halogens is 1. The quantitative estimate of drug-likeness (QED) is 0.608. The fraction of sp³-hybridized carbons (Fsp3) is 0.211. The van der Waals surface area contributed by atoms with E-state index in [1.807, 2.05) is 0 Å². The van der Waals surface area contributed by atoms with Gasteiger partial charge >= 0.3 is 5.97 Å². The van der Waals surface area contributed by atoms with E-state index < -0.39 is 12.1 Å². The van der Waals surface area contributed by atoms with Crippen LogP contribution in [0.1, 0.15) is 29.3 Å². The molecule has 0 bridgehead atoms. The molecule has 7 nitrogen and oxygen atoms in total. The molecular weight excluding hydrogens is 355 g/mol. The molecule has 1 atom stereocenters. The molecule has 3 rings (SSSR count). The van der Waals surface area contributed by atoms with E-state index in [1.54, 1.807) is 19.1 Å². The number of carbonyl (C=O) groups is 1. The van der Waals surface area contributed by atoms with Crippen LogP contribution < -0.4 is 9.47 Å². The monoisotopic (exact) mass is 372 g/mol. The fourth-order valence-corrected chi connectivity index (χ4v) is 2.35. The molecule has 0 fully saturated rings. The average Bonchev–Trinajstić information content (AvgIpc) is 3.18. The summed E-state index contributed by atoms with van der Waals surface area (Å²) in [6.07, 6.45) is -0.771. The number of carbonyl (C=O) groups excluding carboxylic acids is 1. The molecule has 2 aromatic carbocycles. The molecule has 0 saturated heterocycles. The predicted octanol–water partition coefficient (Wildman–Crippen LogP) is 3.81. The van der Waals surface area contributed by atoms with E-state index in [0.717, 1.165) is 0 Å². The Hall–Kier alpha value is -3.42. The Kier molecular flexibility index (Phi) is 5.35.